The zero-order valence-electron chi connectivity index (χ0n) is 49.3. The second-order valence-corrected chi connectivity index (χ2v) is 25.2. The number of benzene rings is 5. The number of piperazine rings is 5. The molecule has 15 rings (SSSR count). The maximum atomic E-state index is 5.38. The summed E-state index contributed by atoms with van der Waals surface area (Å²) in [7, 11) is 0. The van der Waals surface area contributed by atoms with Crippen molar-refractivity contribution in [1.82, 2.24) is 36.6 Å². The highest BCUT2D eigenvalue weighted by atomic mass is 32.1. The molecule has 5 aromatic carbocycles. The van der Waals surface area contributed by atoms with Crippen LogP contribution < -0.4 is 51.1 Å². The van der Waals surface area contributed by atoms with Gasteiger partial charge in [-0.15, -0.1) is 34.0 Å². The quantitative estimate of drug-likeness (QED) is 0.0896. The molecule has 5 N–H and O–H groups in total. The number of hydrogen-bond acceptors (Lipinski definition) is 17. The average molecular weight is 1220 g/mol. The number of thiazole rings is 2. The molecule has 5 aromatic heterocycles. The number of aromatic nitrogens is 2. The lowest BCUT2D eigenvalue weighted by atomic mass is 10.1. The first-order valence-electron chi connectivity index (χ1n) is 30.3. The Morgan fingerprint density at radius 3 is 1.16 bits per heavy atom. The van der Waals surface area contributed by atoms with E-state index in [1.165, 1.54) is 61.1 Å². The van der Waals surface area contributed by atoms with Crippen LogP contribution in [0.5, 0.6) is 0 Å². The molecule has 0 spiro atoms. The normalized spacial score (nSPS) is 16.1. The molecular formula is C69H80N12OS4. The van der Waals surface area contributed by atoms with Gasteiger partial charge in [-0.05, 0) is 149 Å². The molecule has 86 heavy (non-hydrogen) atoms. The number of nitrogens with one attached hydrogen (secondary N) is 5. The van der Waals surface area contributed by atoms with E-state index >= 15 is 0 Å². The summed E-state index contributed by atoms with van der Waals surface area (Å²) in [6, 6.07) is 54.2. The molecule has 5 fully saturated rings. The van der Waals surface area contributed by atoms with Crippen molar-refractivity contribution in [3.8, 4) is 54.7 Å². The minimum atomic E-state index is 0.928. The topological polar surface area (TPSA) is 115 Å². The maximum absolute atomic E-state index is 5.38. The van der Waals surface area contributed by atoms with Gasteiger partial charge in [0, 0.05) is 198 Å². The van der Waals surface area contributed by atoms with Crippen molar-refractivity contribution < 1.29 is 4.42 Å². The molecule has 0 unspecified atom stereocenters. The third kappa shape index (κ3) is 17.3. The SMILES string of the molecule is Cc1nc(-c2ccc(N3CCNCC3)cc2)cs1.c1cc(-c2ccc(N3CCNCC3)cc2)cs1.c1coc(-c2ccc(N3CCNCC3)cc2)c1.c1csc(-c2ccc(N3CCNCC3)cc2)c1.c1csc(-c2ccc(N3CCNCC3)cc2)n1. The lowest BCUT2D eigenvalue weighted by Gasteiger charge is -2.29. The summed E-state index contributed by atoms with van der Waals surface area (Å²) in [6.45, 7) is 23.8. The van der Waals surface area contributed by atoms with Crippen LogP contribution in [0.15, 0.2) is 195 Å². The van der Waals surface area contributed by atoms with E-state index < -0.39 is 0 Å². The second-order valence-electron chi connectivity index (χ2n) is 21.5. The van der Waals surface area contributed by atoms with Crippen LogP contribution in [-0.4, -0.2) is 141 Å². The van der Waals surface area contributed by atoms with Crippen LogP contribution in [0.2, 0.25) is 0 Å². The summed E-state index contributed by atoms with van der Waals surface area (Å²) in [6.07, 6.45) is 3.56. The molecule has 446 valence electrons. The van der Waals surface area contributed by atoms with E-state index in [-0.39, 0.29) is 0 Å². The Hall–Kier alpha value is -7.16. The van der Waals surface area contributed by atoms with Gasteiger partial charge in [-0.3, -0.25) is 0 Å². The fraction of sp³-hybridized carbons (Fsp3) is 0.304. The van der Waals surface area contributed by atoms with Crippen molar-refractivity contribution in [3.63, 3.8) is 0 Å². The van der Waals surface area contributed by atoms with Gasteiger partial charge in [-0.25, -0.2) is 9.97 Å². The van der Waals surface area contributed by atoms with Crippen LogP contribution in [-0.2, 0) is 0 Å². The van der Waals surface area contributed by atoms with Gasteiger partial charge in [0.2, 0.25) is 0 Å². The third-order valence-corrected chi connectivity index (χ3v) is 19.0. The van der Waals surface area contributed by atoms with Gasteiger partial charge in [0.05, 0.1) is 17.0 Å². The number of aryl methyl sites for hydroxylation is 1. The fourth-order valence-electron chi connectivity index (χ4n) is 11.0. The summed E-state index contributed by atoms with van der Waals surface area (Å²) in [5.41, 5.74) is 15.2. The van der Waals surface area contributed by atoms with Crippen molar-refractivity contribution in [2.75, 3.05) is 155 Å². The van der Waals surface area contributed by atoms with E-state index in [2.05, 4.69) is 222 Å². The van der Waals surface area contributed by atoms with Crippen molar-refractivity contribution in [2.45, 2.75) is 6.92 Å². The van der Waals surface area contributed by atoms with Gasteiger partial charge in [0.25, 0.3) is 0 Å². The highest BCUT2D eigenvalue weighted by Gasteiger charge is 2.15. The Kier molecular flexibility index (Phi) is 22.5. The molecule has 10 aromatic rings. The maximum Gasteiger partial charge on any atom is 0.133 e. The molecule has 0 radical (unpaired) electrons. The molecular weight excluding hydrogens is 1140 g/mol. The minimum absolute atomic E-state index is 0.928. The number of anilines is 5. The summed E-state index contributed by atoms with van der Waals surface area (Å²) in [5, 5.41) is 29.7. The van der Waals surface area contributed by atoms with Crippen LogP contribution in [0.1, 0.15) is 5.01 Å². The van der Waals surface area contributed by atoms with E-state index in [0.717, 1.165) is 158 Å². The van der Waals surface area contributed by atoms with Gasteiger partial charge in [-0.1, -0.05) is 42.5 Å². The predicted molar refractivity (Wildman–Crippen MR) is 369 cm³/mol. The molecule has 0 saturated carbocycles. The second kappa shape index (κ2) is 32.0. The summed E-state index contributed by atoms with van der Waals surface area (Å²) in [4.78, 5) is 22.3. The van der Waals surface area contributed by atoms with Crippen LogP contribution in [0.4, 0.5) is 28.4 Å². The molecule has 13 nitrogen and oxygen atoms in total. The molecule has 10 heterocycles. The molecule has 5 saturated heterocycles. The molecule has 0 aliphatic carbocycles. The number of furan rings is 1. The van der Waals surface area contributed by atoms with E-state index in [0.29, 0.717) is 0 Å². The lowest BCUT2D eigenvalue weighted by Crippen LogP contribution is -2.43. The van der Waals surface area contributed by atoms with Gasteiger partial charge in [-0.2, -0.15) is 11.3 Å². The van der Waals surface area contributed by atoms with Crippen LogP contribution in [0, 0.1) is 6.92 Å². The van der Waals surface area contributed by atoms with E-state index in [9.17, 15) is 0 Å². The van der Waals surface area contributed by atoms with E-state index in [4.69, 9.17) is 4.42 Å². The highest BCUT2D eigenvalue weighted by Crippen LogP contribution is 2.30. The number of nitrogens with zero attached hydrogens (tertiary/aromatic N) is 7. The Labute approximate surface area is 524 Å². The summed E-state index contributed by atoms with van der Waals surface area (Å²) < 4.78 is 5.38. The molecule has 5 aliphatic rings. The first kappa shape index (κ1) is 60.5. The van der Waals surface area contributed by atoms with Crippen molar-refractivity contribution >= 4 is 73.8 Å². The molecule has 0 bridgehead atoms. The van der Waals surface area contributed by atoms with Crippen LogP contribution >= 0.6 is 45.3 Å². The van der Waals surface area contributed by atoms with Crippen molar-refractivity contribution in [2.24, 2.45) is 0 Å². The van der Waals surface area contributed by atoms with Gasteiger partial charge in [0.15, 0.2) is 0 Å². The van der Waals surface area contributed by atoms with Crippen LogP contribution in [0.25, 0.3) is 54.7 Å². The molecule has 5 aliphatic heterocycles. The molecule has 17 heteroatoms. The average Bonchev–Trinajstić information content (AvgIpc) is 4.50. The first-order valence-corrected chi connectivity index (χ1v) is 33.9. The van der Waals surface area contributed by atoms with Gasteiger partial charge < -0.3 is 55.5 Å². The van der Waals surface area contributed by atoms with E-state index in [1.54, 1.807) is 51.6 Å². The molecule has 0 atom stereocenters. The van der Waals surface area contributed by atoms with Crippen molar-refractivity contribution in [1.29, 1.82) is 0 Å². The zero-order chi connectivity index (χ0) is 58.4. The monoisotopic (exact) mass is 1220 g/mol. The predicted octanol–water partition coefficient (Wildman–Crippen LogP) is 12.8. The Balaban J connectivity index is 0.000000112. The Morgan fingerprint density at radius 2 is 0.802 bits per heavy atom. The van der Waals surface area contributed by atoms with Crippen LogP contribution in [0.3, 0.4) is 0 Å². The van der Waals surface area contributed by atoms with E-state index in [1.807, 2.05) is 30.6 Å². The largest absolute Gasteiger partial charge is 0.464 e. The molecule has 0 amide bonds. The van der Waals surface area contributed by atoms with Gasteiger partial charge >= 0.3 is 0 Å². The number of rotatable bonds is 10. The van der Waals surface area contributed by atoms with Gasteiger partial charge in [0.1, 0.15) is 10.8 Å². The summed E-state index contributed by atoms with van der Waals surface area (Å²) in [5.74, 6) is 0.928. The Morgan fingerprint density at radius 1 is 0.372 bits per heavy atom. The summed E-state index contributed by atoms with van der Waals surface area (Å²) >= 11 is 6.93. The zero-order valence-corrected chi connectivity index (χ0v) is 52.6. The standard InChI is InChI=1S/C14H17N3S.C14H16N2O.2C14H16N2S.C13H15N3S/c1-11-16-14(10-18-11)12-2-4-13(5-3-12)17-8-6-15-7-9-17;1-2-14(17-11-1)12-3-5-13(6-4-12)16-9-7-15-8-10-16;1-3-14(16-8-6-15-7-9-16)4-2-12(1)13-5-10-17-11-13;1-2-14(17-11-1)12-3-5-13(6-4-12)16-9-7-15-8-10-16;1-3-12(16-8-5-14-6-9-16)4-2-11(1)13-15-7-10-17-13/h2-5,10,15H,6-9H2,1H3;1-6,11,15H,7-10H2;1-5,10-11,15H,6-9H2;1-6,11,15H,7-10H2;1-4,7,10,14H,5-6,8-9H2. The first-order chi connectivity index (χ1) is 42.6. The smallest absolute Gasteiger partial charge is 0.133 e. The third-order valence-electron chi connectivity index (χ3n) is 15.8. The van der Waals surface area contributed by atoms with Crippen molar-refractivity contribution in [3.05, 3.63) is 196 Å². The highest BCUT2D eigenvalue weighted by molar-refractivity contribution is 7.13. The number of hydrogen-bond donors (Lipinski definition) is 5. The number of thiophene rings is 2. The fourth-order valence-corrected chi connectivity index (χ4v) is 13.7. The lowest BCUT2D eigenvalue weighted by molar-refractivity contribution is 0.582. The Bertz CT molecular complexity index is 3050. The minimum Gasteiger partial charge on any atom is -0.464 e.